The molecule has 0 radical (unpaired) electrons. The molecule has 22 heavy (non-hydrogen) atoms. The van der Waals surface area contributed by atoms with Gasteiger partial charge in [0.05, 0.1) is 16.3 Å². The highest BCUT2D eigenvalue weighted by Crippen LogP contribution is 2.14. The molecule has 114 valence electrons. The van der Waals surface area contributed by atoms with Crippen LogP contribution in [0.1, 0.15) is 35.7 Å². The Morgan fingerprint density at radius 2 is 1.86 bits per heavy atom. The predicted molar refractivity (Wildman–Crippen MR) is 86.8 cm³/mol. The molecule has 0 heterocycles. The second-order valence-corrected chi connectivity index (χ2v) is 5.14. The first-order chi connectivity index (χ1) is 10.6. The summed E-state index contributed by atoms with van der Waals surface area (Å²) in [6.07, 6.45) is 1.53. The monoisotopic (exact) mass is 318 g/mol. The summed E-state index contributed by atoms with van der Waals surface area (Å²) in [6, 6.07) is 12.8. The number of carbonyl (C=O) groups excluding carboxylic acids is 1. The highest BCUT2D eigenvalue weighted by Gasteiger charge is 2.10. The normalized spacial score (nSPS) is 11.3. The maximum Gasteiger partial charge on any atom is 0.272 e. The van der Waals surface area contributed by atoms with Crippen molar-refractivity contribution in [1.82, 2.24) is 5.43 Å². The largest absolute Gasteiger partial charge is 0.272 e. The zero-order chi connectivity index (χ0) is 15.9. The third-order valence-corrected chi connectivity index (χ3v) is 3.40. The van der Waals surface area contributed by atoms with Crippen LogP contribution in [0.2, 0.25) is 5.02 Å². The Hall–Kier alpha value is -2.20. The van der Waals surface area contributed by atoms with Crippen molar-refractivity contribution in [2.45, 2.75) is 19.8 Å². The summed E-state index contributed by atoms with van der Waals surface area (Å²) < 4.78 is 13.0. The lowest BCUT2D eigenvalue weighted by atomic mass is 10.1. The molecule has 0 spiro atoms. The number of carbonyl (C=O) groups is 1. The molecule has 1 amide bonds. The van der Waals surface area contributed by atoms with E-state index in [-0.39, 0.29) is 11.7 Å². The van der Waals surface area contributed by atoms with E-state index in [2.05, 4.69) is 10.5 Å². The van der Waals surface area contributed by atoms with Gasteiger partial charge < -0.3 is 0 Å². The van der Waals surface area contributed by atoms with E-state index in [0.29, 0.717) is 22.7 Å². The maximum atomic E-state index is 13.0. The van der Waals surface area contributed by atoms with Gasteiger partial charge in [-0.1, -0.05) is 49.2 Å². The summed E-state index contributed by atoms with van der Waals surface area (Å²) in [4.78, 5) is 12.1. The van der Waals surface area contributed by atoms with Crippen molar-refractivity contribution in [3.63, 3.8) is 0 Å². The van der Waals surface area contributed by atoms with E-state index in [4.69, 9.17) is 11.6 Å². The van der Waals surface area contributed by atoms with Crippen molar-refractivity contribution in [3.8, 4) is 0 Å². The molecule has 0 saturated carbocycles. The number of nitrogens with one attached hydrogen (secondary N) is 1. The van der Waals surface area contributed by atoms with Gasteiger partial charge in [-0.25, -0.2) is 9.82 Å². The molecule has 3 nitrogen and oxygen atoms in total. The van der Waals surface area contributed by atoms with E-state index in [9.17, 15) is 9.18 Å². The fourth-order valence-electron chi connectivity index (χ4n) is 1.97. The lowest BCUT2D eigenvalue weighted by Gasteiger charge is -2.07. The van der Waals surface area contributed by atoms with Crippen LogP contribution in [-0.4, -0.2) is 11.6 Å². The van der Waals surface area contributed by atoms with E-state index in [1.54, 1.807) is 36.4 Å². The van der Waals surface area contributed by atoms with Crippen molar-refractivity contribution < 1.29 is 9.18 Å². The fraction of sp³-hybridized carbons (Fsp3) is 0.176. The van der Waals surface area contributed by atoms with Crippen molar-refractivity contribution in [1.29, 1.82) is 0 Å². The van der Waals surface area contributed by atoms with E-state index >= 15 is 0 Å². The van der Waals surface area contributed by atoms with E-state index in [1.165, 1.54) is 12.1 Å². The molecule has 0 aliphatic rings. The lowest BCUT2D eigenvalue weighted by Crippen LogP contribution is -2.20. The van der Waals surface area contributed by atoms with Gasteiger partial charge in [0.2, 0.25) is 0 Å². The first-order valence-electron chi connectivity index (χ1n) is 6.99. The smallest absolute Gasteiger partial charge is 0.267 e. The Morgan fingerprint density at radius 3 is 2.50 bits per heavy atom. The number of hydrogen-bond acceptors (Lipinski definition) is 2. The van der Waals surface area contributed by atoms with Crippen LogP contribution in [0.5, 0.6) is 0 Å². The second-order valence-electron chi connectivity index (χ2n) is 4.74. The van der Waals surface area contributed by atoms with Gasteiger partial charge in [0.15, 0.2) is 0 Å². The van der Waals surface area contributed by atoms with Gasteiger partial charge in [0, 0.05) is 0 Å². The molecule has 0 saturated heterocycles. The first kappa shape index (κ1) is 16.2. The lowest BCUT2D eigenvalue weighted by molar-refractivity contribution is 0.0955. The highest BCUT2D eigenvalue weighted by molar-refractivity contribution is 6.33. The SMILES string of the molecule is CCCC(=NNC(=O)c1ccccc1Cl)c1ccc(F)cc1. The molecule has 0 aliphatic carbocycles. The van der Waals surface area contributed by atoms with Crippen LogP contribution < -0.4 is 5.43 Å². The Kier molecular flexibility index (Phi) is 5.67. The van der Waals surface area contributed by atoms with Crippen molar-refractivity contribution >= 4 is 23.2 Å². The zero-order valence-corrected chi connectivity index (χ0v) is 12.9. The van der Waals surface area contributed by atoms with Crippen molar-refractivity contribution in [3.05, 3.63) is 70.5 Å². The Bertz CT molecular complexity index is 683. The van der Waals surface area contributed by atoms with Crippen LogP contribution in [0.4, 0.5) is 4.39 Å². The number of rotatable bonds is 5. The van der Waals surface area contributed by atoms with E-state index < -0.39 is 0 Å². The topological polar surface area (TPSA) is 41.5 Å². The quantitative estimate of drug-likeness (QED) is 0.643. The molecule has 2 aromatic rings. The predicted octanol–water partition coefficient (Wildman–Crippen LogP) is 4.41. The number of hydrogen-bond donors (Lipinski definition) is 1. The molecule has 0 fully saturated rings. The summed E-state index contributed by atoms with van der Waals surface area (Å²) in [7, 11) is 0. The number of halogens is 2. The van der Waals surface area contributed by atoms with E-state index in [1.807, 2.05) is 6.92 Å². The zero-order valence-electron chi connectivity index (χ0n) is 12.1. The van der Waals surface area contributed by atoms with Crippen LogP contribution in [0.15, 0.2) is 53.6 Å². The Morgan fingerprint density at radius 1 is 1.18 bits per heavy atom. The Labute approximate surface area is 133 Å². The average molecular weight is 319 g/mol. The molecule has 0 unspecified atom stereocenters. The van der Waals surface area contributed by atoms with Gasteiger partial charge in [-0.05, 0) is 36.2 Å². The molecule has 2 rings (SSSR count). The van der Waals surface area contributed by atoms with Crippen molar-refractivity contribution in [2.75, 3.05) is 0 Å². The second kappa shape index (κ2) is 7.71. The van der Waals surface area contributed by atoms with Crippen LogP contribution in [0, 0.1) is 5.82 Å². The summed E-state index contributed by atoms with van der Waals surface area (Å²) >= 11 is 5.98. The molecular formula is C17H16ClFN2O. The molecule has 0 aliphatic heterocycles. The van der Waals surface area contributed by atoms with Crippen LogP contribution in [-0.2, 0) is 0 Å². The Balaban J connectivity index is 2.18. The first-order valence-corrected chi connectivity index (χ1v) is 7.37. The van der Waals surface area contributed by atoms with Crippen LogP contribution >= 0.6 is 11.6 Å². The van der Waals surface area contributed by atoms with Gasteiger partial charge in [-0.15, -0.1) is 0 Å². The fourth-order valence-corrected chi connectivity index (χ4v) is 2.19. The number of hydrazone groups is 1. The number of benzene rings is 2. The summed E-state index contributed by atoms with van der Waals surface area (Å²) in [5, 5.41) is 4.54. The van der Waals surface area contributed by atoms with Gasteiger partial charge >= 0.3 is 0 Å². The third-order valence-electron chi connectivity index (χ3n) is 3.08. The third kappa shape index (κ3) is 4.15. The number of amides is 1. The summed E-state index contributed by atoms with van der Waals surface area (Å²) in [6.45, 7) is 2.01. The molecule has 2 aromatic carbocycles. The van der Waals surface area contributed by atoms with E-state index in [0.717, 1.165) is 12.0 Å². The molecule has 1 N–H and O–H groups in total. The van der Waals surface area contributed by atoms with Crippen LogP contribution in [0.25, 0.3) is 0 Å². The minimum atomic E-state index is -0.374. The molecule has 5 heteroatoms. The molecule has 0 aromatic heterocycles. The minimum Gasteiger partial charge on any atom is -0.267 e. The van der Waals surface area contributed by atoms with Gasteiger partial charge in [0.25, 0.3) is 5.91 Å². The van der Waals surface area contributed by atoms with Crippen LogP contribution in [0.3, 0.4) is 0 Å². The van der Waals surface area contributed by atoms with Gasteiger partial charge in [-0.3, -0.25) is 4.79 Å². The van der Waals surface area contributed by atoms with Gasteiger partial charge in [-0.2, -0.15) is 5.10 Å². The molecule has 0 atom stereocenters. The minimum absolute atomic E-state index is 0.306. The maximum absolute atomic E-state index is 13.0. The molecule has 0 bridgehead atoms. The van der Waals surface area contributed by atoms with Gasteiger partial charge in [0.1, 0.15) is 5.82 Å². The average Bonchev–Trinajstić information content (AvgIpc) is 2.52. The number of nitrogens with zero attached hydrogens (tertiary/aromatic N) is 1. The standard InChI is InChI=1S/C17H16ClFN2O/c1-2-5-16(12-8-10-13(19)11-9-12)20-21-17(22)14-6-3-4-7-15(14)18/h3-4,6-11H,2,5H2,1H3,(H,21,22). The summed E-state index contributed by atoms with van der Waals surface area (Å²) in [5.74, 6) is -0.680. The highest BCUT2D eigenvalue weighted by atomic mass is 35.5. The van der Waals surface area contributed by atoms with Crippen molar-refractivity contribution in [2.24, 2.45) is 5.10 Å². The molecular weight excluding hydrogens is 303 g/mol. The summed E-state index contributed by atoms with van der Waals surface area (Å²) in [5.41, 5.74) is 4.35.